The van der Waals surface area contributed by atoms with Gasteiger partial charge in [0.1, 0.15) is 6.04 Å². The summed E-state index contributed by atoms with van der Waals surface area (Å²) in [5.74, 6) is -0.203. The molecule has 0 spiro atoms. The van der Waals surface area contributed by atoms with E-state index in [1.807, 2.05) is 0 Å². The summed E-state index contributed by atoms with van der Waals surface area (Å²) in [6, 6.07) is -0.608. The van der Waals surface area contributed by atoms with Crippen molar-refractivity contribution in [2.45, 2.75) is 51.5 Å². The molecule has 20 heavy (non-hydrogen) atoms. The largest absolute Gasteiger partial charge is 0.344 e. The molecule has 1 saturated carbocycles. The minimum Gasteiger partial charge on any atom is -0.344 e. The molecular formula is C14H23N3O3. The minimum absolute atomic E-state index is 0.138. The standard InChI is InChI=1S/C14H23N3O3/c1-9-4-6-14(8-15,7-5-9)13(20)16-10-2-3-11(18)17-12(10)19/h9-10H,2-8,15H2,1H3,(H,16,20)(H,17,18,19). The van der Waals surface area contributed by atoms with Crippen LogP contribution in [0, 0.1) is 11.3 Å². The van der Waals surface area contributed by atoms with Crippen LogP contribution in [0.5, 0.6) is 0 Å². The molecule has 1 heterocycles. The Bertz CT molecular complexity index is 414. The molecule has 4 N–H and O–H groups in total. The van der Waals surface area contributed by atoms with Crippen molar-refractivity contribution in [2.75, 3.05) is 6.54 Å². The first-order chi connectivity index (χ1) is 9.47. The van der Waals surface area contributed by atoms with E-state index in [0.29, 0.717) is 18.9 Å². The Hall–Kier alpha value is -1.43. The summed E-state index contributed by atoms with van der Waals surface area (Å²) < 4.78 is 0. The zero-order valence-electron chi connectivity index (χ0n) is 11.9. The third-order valence-electron chi connectivity index (χ3n) is 4.65. The second-order valence-corrected chi connectivity index (χ2v) is 6.14. The van der Waals surface area contributed by atoms with Gasteiger partial charge in [0.15, 0.2) is 0 Å². The monoisotopic (exact) mass is 281 g/mol. The van der Waals surface area contributed by atoms with Crippen LogP contribution in [-0.2, 0) is 14.4 Å². The maximum atomic E-state index is 12.5. The van der Waals surface area contributed by atoms with Gasteiger partial charge in [-0.2, -0.15) is 0 Å². The first kappa shape index (κ1) is 15.0. The Balaban J connectivity index is 1.99. The highest BCUT2D eigenvalue weighted by atomic mass is 16.2. The van der Waals surface area contributed by atoms with Crippen LogP contribution in [0.15, 0.2) is 0 Å². The maximum Gasteiger partial charge on any atom is 0.249 e. The third-order valence-corrected chi connectivity index (χ3v) is 4.65. The Morgan fingerprint density at radius 1 is 1.35 bits per heavy atom. The normalized spacial score (nSPS) is 34.5. The van der Waals surface area contributed by atoms with Gasteiger partial charge < -0.3 is 11.1 Å². The van der Waals surface area contributed by atoms with Gasteiger partial charge in [0, 0.05) is 13.0 Å². The van der Waals surface area contributed by atoms with Crippen molar-refractivity contribution in [1.29, 1.82) is 0 Å². The Morgan fingerprint density at radius 3 is 2.55 bits per heavy atom. The zero-order chi connectivity index (χ0) is 14.8. The van der Waals surface area contributed by atoms with Gasteiger partial charge in [-0.25, -0.2) is 0 Å². The predicted molar refractivity (Wildman–Crippen MR) is 73.4 cm³/mol. The molecule has 0 aromatic carbocycles. The van der Waals surface area contributed by atoms with Gasteiger partial charge >= 0.3 is 0 Å². The van der Waals surface area contributed by atoms with Crippen LogP contribution in [0.4, 0.5) is 0 Å². The first-order valence-electron chi connectivity index (χ1n) is 7.31. The average Bonchev–Trinajstić information content (AvgIpc) is 2.43. The first-order valence-corrected chi connectivity index (χ1v) is 7.31. The highest BCUT2D eigenvalue weighted by Gasteiger charge is 2.41. The fraction of sp³-hybridized carbons (Fsp3) is 0.786. The number of piperidine rings is 1. The number of carbonyl (C=O) groups excluding carboxylic acids is 3. The number of amides is 3. The lowest BCUT2D eigenvalue weighted by molar-refractivity contribution is -0.141. The lowest BCUT2D eigenvalue weighted by Gasteiger charge is -2.38. The average molecular weight is 281 g/mol. The Kier molecular flexibility index (Phi) is 4.42. The molecule has 1 aliphatic heterocycles. The van der Waals surface area contributed by atoms with Crippen LogP contribution < -0.4 is 16.4 Å². The van der Waals surface area contributed by atoms with Gasteiger partial charge in [-0.05, 0) is 38.0 Å². The molecule has 2 aliphatic rings. The van der Waals surface area contributed by atoms with Gasteiger partial charge in [0.2, 0.25) is 17.7 Å². The van der Waals surface area contributed by atoms with E-state index in [1.54, 1.807) is 0 Å². The molecule has 1 saturated heterocycles. The molecule has 0 aromatic heterocycles. The number of nitrogens with one attached hydrogen (secondary N) is 2. The van der Waals surface area contributed by atoms with E-state index in [1.165, 1.54) is 0 Å². The summed E-state index contributed by atoms with van der Waals surface area (Å²) in [6.07, 6.45) is 4.14. The number of rotatable bonds is 3. The number of nitrogens with two attached hydrogens (primary N) is 1. The predicted octanol–water partition coefficient (Wildman–Crippen LogP) is 0.0630. The second-order valence-electron chi connectivity index (χ2n) is 6.14. The summed E-state index contributed by atoms with van der Waals surface area (Å²) >= 11 is 0. The van der Waals surface area contributed by atoms with Crippen molar-refractivity contribution < 1.29 is 14.4 Å². The van der Waals surface area contributed by atoms with Gasteiger partial charge in [0.25, 0.3) is 0 Å². The fourth-order valence-electron chi connectivity index (χ4n) is 2.98. The molecule has 6 heteroatoms. The molecule has 1 aliphatic carbocycles. The van der Waals surface area contributed by atoms with Crippen LogP contribution in [0.3, 0.4) is 0 Å². The Morgan fingerprint density at radius 2 is 2.00 bits per heavy atom. The van der Waals surface area contributed by atoms with Crippen molar-refractivity contribution in [1.82, 2.24) is 10.6 Å². The topological polar surface area (TPSA) is 101 Å². The van der Waals surface area contributed by atoms with E-state index >= 15 is 0 Å². The molecule has 0 aromatic rings. The lowest BCUT2D eigenvalue weighted by Crippen LogP contribution is -2.57. The van der Waals surface area contributed by atoms with Crippen molar-refractivity contribution in [3.8, 4) is 0 Å². The molecule has 3 amide bonds. The summed E-state index contributed by atoms with van der Waals surface area (Å²) in [4.78, 5) is 35.3. The van der Waals surface area contributed by atoms with Crippen molar-refractivity contribution >= 4 is 17.7 Å². The van der Waals surface area contributed by atoms with E-state index in [-0.39, 0.29) is 18.2 Å². The molecule has 1 unspecified atom stereocenters. The number of carbonyl (C=O) groups is 3. The van der Waals surface area contributed by atoms with Crippen molar-refractivity contribution in [2.24, 2.45) is 17.1 Å². The van der Waals surface area contributed by atoms with Crippen molar-refractivity contribution in [3.05, 3.63) is 0 Å². The van der Waals surface area contributed by atoms with E-state index in [2.05, 4.69) is 17.6 Å². The maximum absolute atomic E-state index is 12.5. The Labute approximate surface area is 118 Å². The highest BCUT2D eigenvalue weighted by molar-refractivity contribution is 6.02. The summed E-state index contributed by atoms with van der Waals surface area (Å²) in [7, 11) is 0. The summed E-state index contributed by atoms with van der Waals surface area (Å²) in [5.41, 5.74) is 5.28. The molecule has 0 bridgehead atoms. The van der Waals surface area contributed by atoms with Gasteiger partial charge in [0.05, 0.1) is 5.41 Å². The molecule has 1 atom stereocenters. The van der Waals surface area contributed by atoms with E-state index in [9.17, 15) is 14.4 Å². The van der Waals surface area contributed by atoms with Crippen LogP contribution in [0.25, 0.3) is 0 Å². The second kappa shape index (κ2) is 5.91. The van der Waals surface area contributed by atoms with Gasteiger partial charge in [-0.3, -0.25) is 19.7 Å². The molecule has 0 radical (unpaired) electrons. The lowest BCUT2D eigenvalue weighted by atomic mass is 9.70. The van der Waals surface area contributed by atoms with Crippen LogP contribution >= 0.6 is 0 Å². The van der Waals surface area contributed by atoms with Crippen molar-refractivity contribution in [3.63, 3.8) is 0 Å². The highest BCUT2D eigenvalue weighted by Crippen LogP contribution is 2.38. The van der Waals surface area contributed by atoms with Crippen LogP contribution in [0.2, 0.25) is 0 Å². The summed E-state index contributed by atoms with van der Waals surface area (Å²) in [6.45, 7) is 2.48. The zero-order valence-corrected chi connectivity index (χ0v) is 11.9. The molecule has 6 nitrogen and oxygen atoms in total. The number of hydrogen-bond acceptors (Lipinski definition) is 4. The third kappa shape index (κ3) is 3.00. The minimum atomic E-state index is -0.608. The number of imide groups is 1. The van der Waals surface area contributed by atoms with Gasteiger partial charge in [-0.1, -0.05) is 6.92 Å². The van der Waals surface area contributed by atoms with E-state index in [4.69, 9.17) is 5.73 Å². The molecule has 2 fully saturated rings. The quantitative estimate of drug-likeness (QED) is 0.637. The molecule has 112 valence electrons. The van der Waals surface area contributed by atoms with E-state index in [0.717, 1.165) is 25.7 Å². The summed E-state index contributed by atoms with van der Waals surface area (Å²) in [5, 5.41) is 5.03. The SMILES string of the molecule is CC1CCC(CN)(C(=O)NC2CCC(=O)NC2=O)CC1. The molecule has 2 rings (SSSR count). The smallest absolute Gasteiger partial charge is 0.249 e. The number of hydrogen-bond donors (Lipinski definition) is 3. The molecular weight excluding hydrogens is 258 g/mol. The van der Waals surface area contributed by atoms with Crippen LogP contribution in [-0.4, -0.2) is 30.3 Å². The van der Waals surface area contributed by atoms with Crippen LogP contribution in [0.1, 0.15) is 45.4 Å². The van der Waals surface area contributed by atoms with Gasteiger partial charge in [-0.15, -0.1) is 0 Å². The van der Waals surface area contributed by atoms with E-state index < -0.39 is 17.4 Å². The fourth-order valence-corrected chi connectivity index (χ4v) is 2.98.